The molecule has 0 aliphatic rings. The first-order chi connectivity index (χ1) is 9.02. The van der Waals surface area contributed by atoms with Crippen molar-refractivity contribution in [2.45, 2.75) is 34.2 Å². The van der Waals surface area contributed by atoms with Crippen LogP contribution in [-0.2, 0) is 11.3 Å². The lowest BCUT2D eigenvalue weighted by Crippen LogP contribution is -2.09. The van der Waals surface area contributed by atoms with E-state index >= 15 is 0 Å². The molecule has 2 aromatic rings. The van der Waals surface area contributed by atoms with E-state index in [1.54, 1.807) is 19.2 Å². The van der Waals surface area contributed by atoms with Gasteiger partial charge in [-0.3, -0.25) is 0 Å². The Morgan fingerprint density at radius 2 is 2.21 bits per heavy atom. The number of carbonyl (C=O) groups is 1. The van der Waals surface area contributed by atoms with Gasteiger partial charge in [0.15, 0.2) is 5.65 Å². The third-order valence-corrected chi connectivity index (χ3v) is 2.77. The second-order valence-corrected chi connectivity index (χ2v) is 4.99. The molecule has 0 spiro atoms. The molecule has 0 aliphatic carbocycles. The highest BCUT2D eigenvalue weighted by molar-refractivity contribution is 6.02. The van der Waals surface area contributed by atoms with Crippen LogP contribution in [0.4, 0.5) is 0 Å². The van der Waals surface area contributed by atoms with Gasteiger partial charge in [0.25, 0.3) is 0 Å². The fourth-order valence-corrected chi connectivity index (χ4v) is 2.03. The number of aryl methyl sites for hydroxylation is 1. The summed E-state index contributed by atoms with van der Waals surface area (Å²) in [5.41, 5.74) is 2.08. The third kappa shape index (κ3) is 2.75. The largest absolute Gasteiger partial charge is 0.462 e. The van der Waals surface area contributed by atoms with E-state index in [2.05, 4.69) is 23.9 Å². The molecule has 0 saturated carbocycles. The maximum absolute atomic E-state index is 12.0. The highest BCUT2D eigenvalue weighted by Gasteiger charge is 2.16. The second kappa shape index (κ2) is 5.38. The van der Waals surface area contributed by atoms with Gasteiger partial charge in [-0.2, -0.15) is 5.10 Å². The fourth-order valence-electron chi connectivity index (χ4n) is 2.03. The summed E-state index contributed by atoms with van der Waals surface area (Å²) in [4.78, 5) is 16.4. The van der Waals surface area contributed by atoms with Gasteiger partial charge in [-0.15, -0.1) is 0 Å². The molecular weight excluding hydrogens is 242 g/mol. The summed E-state index contributed by atoms with van der Waals surface area (Å²) >= 11 is 0. The Kier molecular flexibility index (Phi) is 3.83. The summed E-state index contributed by atoms with van der Waals surface area (Å²) in [6.07, 6.45) is 1.69. The fraction of sp³-hybridized carbons (Fsp3) is 0.500. The molecule has 0 N–H and O–H groups in total. The lowest BCUT2D eigenvalue weighted by atomic mass is 10.1. The number of nitrogens with zero attached hydrogens (tertiary/aromatic N) is 3. The van der Waals surface area contributed by atoms with Crippen molar-refractivity contribution in [1.82, 2.24) is 14.8 Å². The van der Waals surface area contributed by atoms with Gasteiger partial charge in [-0.1, -0.05) is 13.8 Å². The predicted molar refractivity (Wildman–Crippen MR) is 73.1 cm³/mol. The summed E-state index contributed by atoms with van der Waals surface area (Å²) in [7, 11) is 0. The second-order valence-electron chi connectivity index (χ2n) is 4.99. The molecule has 19 heavy (non-hydrogen) atoms. The number of fused-ring (bicyclic) bond motifs is 1. The summed E-state index contributed by atoms with van der Waals surface area (Å²) in [5.74, 6) is 0.151. The number of carbonyl (C=O) groups excluding carboxylic acids is 1. The molecule has 2 aromatic heterocycles. The molecule has 0 amide bonds. The number of hydrogen-bond acceptors (Lipinski definition) is 4. The molecule has 2 heterocycles. The highest BCUT2D eigenvalue weighted by Crippen LogP contribution is 2.20. The predicted octanol–water partition coefficient (Wildman–Crippen LogP) is 2.57. The van der Waals surface area contributed by atoms with Gasteiger partial charge in [-0.05, 0) is 25.8 Å². The normalized spacial score (nSPS) is 11.2. The molecule has 0 saturated heterocycles. The van der Waals surface area contributed by atoms with Crippen LogP contribution in [0.15, 0.2) is 12.3 Å². The van der Waals surface area contributed by atoms with E-state index < -0.39 is 0 Å². The molecule has 0 atom stereocenters. The third-order valence-electron chi connectivity index (χ3n) is 2.77. The van der Waals surface area contributed by atoms with E-state index in [1.165, 1.54) is 0 Å². The van der Waals surface area contributed by atoms with Crippen molar-refractivity contribution in [1.29, 1.82) is 0 Å². The van der Waals surface area contributed by atoms with E-state index in [-0.39, 0.29) is 5.97 Å². The van der Waals surface area contributed by atoms with Crippen LogP contribution in [0.25, 0.3) is 11.0 Å². The van der Waals surface area contributed by atoms with Gasteiger partial charge in [0.05, 0.1) is 23.8 Å². The minimum Gasteiger partial charge on any atom is -0.462 e. The van der Waals surface area contributed by atoms with Crippen LogP contribution in [0.2, 0.25) is 0 Å². The van der Waals surface area contributed by atoms with E-state index in [9.17, 15) is 4.79 Å². The number of pyridine rings is 1. The zero-order valence-electron chi connectivity index (χ0n) is 11.8. The molecule has 5 heteroatoms. The molecule has 102 valence electrons. The van der Waals surface area contributed by atoms with Gasteiger partial charge in [0.1, 0.15) is 0 Å². The quantitative estimate of drug-likeness (QED) is 0.794. The molecular formula is C14H19N3O2. The van der Waals surface area contributed by atoms with Crippen LogP contribution >= 0.6 is 0 Å². The lowest BCUT2D eigenvalue weighted by molar-refractivity contribution is 0.0528. The molecule has 0 radical (unpaired) electrons. The molecule has 0 aromatic carbocycles. The van der Waals surface area contributed by atoms with Crippen LogP contribution in [0.1, 0.15) is 36.8 Å². The first kappa shape index (κ1) is 13.5. The number of hydrogen-bond donors (Lipinski definition) is 0. The number of aromatic nitrogens is 3. The molecule has 0 bridgehead atoms. The molecule has 0 unspecified atom stereocenters. The van der Waals surface area contributed by atoms with Crippen molar-refractivity contribution in [3.8, 4) is 0 Å². The molecule has 0 fully saturated rings. The first-order valence-corrected chi connectivity index (χ1v) is 6.53. The smallest absolute Gasteiger partial charge is 0.338 e. The van der Waals surface area contributed by atoms with E-state index in [0.29, 0.717) is 18.1 Å². The van der Waals surface area contributed by atoms with Gasteiger partial charge in [-0.25, -0.2) is 14.5 Å². The zero-order chi connectivity index (χ0) is 14.0. The topological polar surface area (TPSA) is 57.0 Å². The van der Waals surface area contributed by atoms with Gasteiger partial charge in [0.2, 0.25) is 0 Å². The number of ether oxygens (including phenoxy) is 1. The Labute approximate surface area is 112 Å². The van der Waals surface area contributed by atoms with Crippen molar-refractivity contribution in [2.24, 2.45) is 5.92 Å². The van der Waals surface area contributed by atoms with Gasteiger partial charge < -0.3 is 4.74 Å². The summed E-state index contributed by atoms with van der Waals surface area (Å²) in [5, 5.41) is 5.08. The van der Waals surface area contributed by atoms with Crippen LogP contribution in [0, 0.1) is 12.8 Å². The van der Waals surface area contributed by atoms with Crippen molar-refractivity contribution in [3.05, 3.63) is 23.5 Å². The highest BCUT2D eigenvalue weighted by atomic mass is 16.5. The Bertz CT molecular complexity index is 602. The van der Waals surface area contributed by atoms with Crippen LogP contribution in [0.3, 0.4) is 0 Å². The maximum Gasteiger partial charge on any atom is 0.338 e. The standard InChI is InChI=1S/C14H19N3O2/c1-5-19-14(18)11-6-10(4)16-13-12(11)7-15-17(13)8-9(2)3/h6-7,9H,5,8H2,1-4H3. The Hall–Kier alpha value is -1.91. The zero-order valence-corrected chi connectivity index (χ0v) is 11.8. The van der Waals surface area contributed by atoms with E-state index in [4.69, 9.17) is 4.74 Å². The van der Waals surface area contributed by atoms with Crippen molar-refractivity contribution >= 4 is 17.0 Å². The molecule has 2 rings (SSSR count). The monoisotopic (exact) mass is 261 g/mol. The maximum atomic E-state index is 12.0. The van der Waals surface area contributed by atoms with Crippen LogP contribution in [-0.4, -0.2) is 27.3 Å². The van der Waals surface area contributed by atoms with E-state index in [0.717, 1.165) is 23.3 Å². The number of esters is 1. The number of rotatable bonds is 4. The van der Waals surface area contributed by atoms with Crippen LogP contribution in [0.5, 0.6) is 0 Å². The lowest BCUT2D eigenvalue weighted by Gasteiger charge is -2.08. The molecule has 5 nitrogen and oxygen atoms in total. The minimum atomic E-state index is -0.318. The van der Waals surface area contributed by atoms with Gasteiger partial charge >= 0.3 is 5.97 Å². The first-order valence-electron chi connectivity index (χ1n) is 6.53. The van der Waals surface area contributed by atoms with Crippen LogP contribution < -0.4 is 0 Å². The van der Waals surface area contributed by atoms with Crippen molar-refractivity contribution < 1.29 is 9.53 Å². The Morgan fingerprint density at radius 3 is 2.84 bits per heavy atom. The Morgan fingerprint density at radius 1 is 1.47 bits per heavy atom. The summed E-state index contributed by atoms with van der Waals surface area (Å²) < 4.78 is 6.92. The Balaban J connectivity index is 2.54. The van der Waals surface area contributed by atoms with Crippen molar-refractivity contribution in [3.63, 3.8) is 0 Å². The molecule has 0 aliphatic heterocycles. The van der Waals surface area contributed by atoms with E-state index in [1.807, 2.05) is 11.6 Å². The van der Waals surface area contributed by atoms with Gasteiger partial charge in [0, 0.05) is 12.2 Å². The average Bonchev–Trinajstić information content (AvgIpc) is 2.71. The van der Waals surface area contributed by atoms with Crippen molar-refractivity contribution in [2.75, 3.05) is 6.61 Å². The summed E-state index contributed by atoms with van der Waals surface area (Å²) in [6, 6.07) is 1.75. The minimum absolute atomic E-state index is 0.318. The summed E-state index contributed by atoms with van der Waals surface area (Å²) in [6.45, 7) is 9.05. The SMILES string of the molecule is CCOC(=O)c1cc(C)nc2c1cnn2CC(C)C. The average molecular weight is 261 g/mol.